The summed E-state index contributed by atoms with van der Waals surface area (Å²) in [5, 5.41) is 3.57. The molecule has 1 N–H and O–H groups in total. The first-order valence-electron chi connectivity index (χ1n) is 9.91. The molecule has 174 valence electrons. The van der Waals surface area contributed by atoms with Gasteiger partial charge in [0, 0.05) is 22.4 Å². The molecule has 1 amide bonds. The van der Waals surface area contributed by atoms with Crippen molar-refractivity contribution in [2.24, 2.45) is 0 Å². The van der Waals surface area contributed by atoms with E-state index < -0.39 is 29.0 Å². The van der Waals surface area contributed by atoms with Crippen molar-refractivity contribution in [3.05, 3.63) is 94.0 Å². The number of carbonyl (C=O) groups excluding carboxylic acids is 1. The summed E-state index contributed by atoms with van der Waals surface area (Å²) in [7, 11) is 0. The number of nitrogens with one attached hydrogen (secondary N) is 1. The second-order valence-corrected chi connectivity index (χ2v) is 8.88. The van der Waals surface area contributed by atoms with Crippen molar-refractivity contribution in [3.63, 3.8) is 0 Å². The van der Waals surface area contributed by atoms with Gasteiger partial charge in [0.2, 0.25) is 0 Å². The summed E-state index contributed by atoms with van der Waals surface area (Å²) in [6.07, 6.45) is 2.88. The van der Waals surface area contributed by atoms with Crippen LogP contribution in [0, 0.1) is 5.82 Å². The van der Waals surface area contributed by atoms with E-state index in [0.717, 1.165) is 16.4 Å². The molecule has 3 aromatic carbocycles. The second kappa shape index (κ2) is 10.0. The van der Waals surface area contributed by atoms with Gasteiger partial charge in [0.1, 0.15) is 11.3 Å². The van der Waals surface area contributed by atoms with Gasteiger partial charge in [0.15, 0.2) is 0 Å². The Kier molecular flexibility index (Phi) is 7.08. The molecule has 0 aliphatic rings. The lowest BCUT2D eigenvalue weighted by molar-refractivity contribution is 0.0940. The van der Waals surface area contributed by atoms with E-state index in [1.165, 1.54) is 24.5 Å². The minimum Gasteiger partial charge on any atom is -0.755 e. The van der Waals surface area contributed by atoms with Crippen LogP contribution in [0.1, 0.15) is 28.9 Å². The molecule has 34 heavy (non-hydrogen) atoms. The summed E-state index contributed by atoms with van der Waals surface area (Å²) in [5.41, 5.74) is 1.18. The van der Waals surface area contributed by atoms with E-state index in [4.69, 9.17) is 23.2 Å². The van der Waals surface area contributed by atoms with Crippen LogP contribution in [0.25, 0.3) is 11.0 Å². The average Bonchev–Trinajstić information content (AvgIpc) is 2.79. The molecular weight excluding hydrogens is 502 g/mol. The van der Waals surface area contributed by atoms with Crippen LogP contribution in [0.5, 0.6) is 0 Å². The molecule has 7 nitrogen and oxygen atoms in total. The SMILES string of the molecule is CC(NC(=O)c1ccc(F)cc1N(c1cccc2nccnc12)S(=O)[O-])c1ccc(Cl)cc1Cl. The highest BCUT2D eigenvalue weighted by atomic mass is 35.5. The highest BCUT2D eigenvalue weighted by Crippen LogP contribution is 2.35. The second-order valence-electron chi connectivity index (χ2n) is 7.24. The van der Waals surface area contributed by atoms with E-state index in [1.807, 2.05) is 0 Å². The van der Waals surface area contributed by atoms with Crippen molar-refractivity contribution in [2.45, 2.75) is 13.0 Å². The van der Waals surface area contributed by atoms with Gasteiger partial charge in [-0.05, 0) is 55.0 Å². The van der Waals surface area contributed by atoms with Crippen molar-refractivity contribution in [2.75, 3.05) is 4.31 Å². The smallest absolute Gasteiger partial charge is 0.253 e. The molecule has 0 saturated heterocycles. The van der Waals surface area contributed by atoms with Crippen LogP contribution >= 0.6 is 23.2 Å². The fourth-order valence-electron chi connectivity index (χ4n) is 3.50. The maximum absolute atomic E-state index is 14.3. The molecule has 4 aromatic rings. The number of amides is 1. The first kappa shape index (κ1) is 24.0. The Hall–Kier alpha value is -3.11. The van der Waals surface area contributed by atoms with Gasteiger partial charge < -0.3 is 9.87 Å². The Labute approximate surface area is 207 Å². The molecule has 0 fully saturated rings. The fraction of sp³-hybridized carbons (Fsp3) is 0.0870. The topological polar surface area (TPSA) is 98.2 Å². The largest absolute Gasteiger partial charge is 0.755 e. The lowest BCUT2D eigenvalue weighted by Gasteiger charge is -2.29. The summed E-state index contributed by atoms with van der Waals surface area (Å²) in [4.78, 5) is 21.6. The van der Waals surface area contributed by atoms with Gasteiger partial charge >= 0.3 is 0 Å². The molecule has 0 bridgehead atoms. The third kappa shape index (κ3) is 4.88. The Morgan fingerprint density at radius 3 is 2.59 bits per heavy atom. The van der Waals surface area contributed by atoms with Gasteiger partial charge in [-0.2, -0.15) is 0 Å². The zero-order valence-corrected chi connectivity index (χ0v) is 19.9. The number of rotatable bonds is 6. The summed E-state index contributed by atoms with van der Waals surface area (Å²) in [5.74, 6) is -1.35. The van der Waals surface area contributed by atoms with Gasteiger partial charge in [-0.1, -0.05) is 35.3 Å². The quantitative estimate of drug-likeness (QED) is 0.340. The summed E-state index contributed by atoms with van der Waals surface area (Å²) < 4.78 is 39.8. The molecule has 1 heterocycles. The van der Waals surface area contributed by atoms with E-state index in [1.54, 1.807) is 37.3 Å². The molecular formula is C23H16Cl2FN4O3S-. The molecule has 4 rings (SSSR count). The Bertz CT molecular complexity index is 1420. The van der Waals surface area contributed by atoms with Gasteiger partial charge in [-0.3, -0.25) is 23.3 Å². The minimum atomic E-state index is -2.92. The maximum Gasteiger partial charge on any atom is 0.253 e. The number of nitrogens with zero attached hydrogens (tertiary/aromatic N) is 3. The van der Waals surface area contributed by atoms with E-state index >= 15 is 0 Å². The molecule has 0 aliphatic carbocycles. The molecule has 0 radical (unpaired) electrons. The summed E-state index contributed by atoms with van der Waals surface area (Å²) in [6.45, 7) is 1.71. The summed E-state index contributed by atoms with van der Waals surface area (Å²) >= 11 is 9.27. The van der Waals surface area contributed by atoms with E-state index in [-0.39, 0.29) is 22.5 Å². The van der Waals surface area contributed by atoms with E-state index in [2.05, 4.69) is 15.3 Å². The fourth-order valence-corrected chi connectivity index (χ4v) is 4.69. The van der Waals surface area contributed by atoms with Crippen molar-refractivity contribution in [3.8, 4) is 0 Å². The van der Waals surface area contributed by atoms with Crippen LogP contribution in [0.15, 0.2) is 67.0 Å². The number of halogens is 3. The molecule has 2 unspecified atom stereocenters. The number of anilines is 2. The molecule has 2 atom stereocenters. The van der Waals surface area contributed by atoms with Crippen LogP contribution in [0.4, 0.5) is 15.8 Å². The van der Waals surface area contributed by atoms with Crippen LogP contribution in [0.2, 0.25) is 10.0 Å². The first-order chi connectivity index (χ1) is 16.3. The minimum absolute atomic E-state index is 0.0663. The number of hydrogen-bond donors (Lipinski definition) is 1. The van der Waals surface area contributed by atoms with Crippen LogP contribution < -0.4 is 9.62 Å². The van der Waals surface area contributed by atoms with Gasteiger partial charge in [0.05, 0.1) is 39.8 Å². The summed E-state index contributed by atoms with van der Waals surface area (Å²) in [6, 6.07) is 12.3. The van der Waals surface area contributed by atoms with Crippen LogP contribution in [0.3, 0.4) is 0 Å². The van der Waals surface area contributed by atoms with Crippen molar-refractivity contribution in [1.29, 1.82) is 0 Å². The van der Waals surface area contributed by atoms with E-state index in [0.29, 0.717) is 21.1 Å². The monoisotopic (exact) mass is 517 g/mol. The number of benzene rings is 3. The van der Waals surface area contributed by atoms with Crippen LogP contribution in [-0.2, 0) is 11.3 Å². The molecule has 0 spiro atoms. The third-order valence-corrected chi connectivity index (χ3v) is 6.30. The number of fused-ring (bicyclic) bond motifs is 1. The maximum atomic E-state index is 14.3. The molecule has 0 saturated carbocycles. The van der Waals surface area contributed by atoms with Crippen molar-refractivity contribution in [1.82, 2.24) is 15.3 Å². The first-order valence-corrected chi connectivity index (χ1v) is 11.7. The average molecular weight is 518 g/mol. The Morgan fingerprint density at radius 2 is 1.85 bits per heavy atom. The molecule has 11 heteroatoms. The zero-order chi connectivity index (χ0) is 24.4. The van der Waals surface area contributed by atoms with Gasteiger partial charge in [-0.25, -0.2) is 4.39 Å². The standard InChI is InChI=1S/C23H17Cl2FN4O3S/c1-13(16-7-5-14(24)11-18(16)25)29-23(31)17-8-6-15(26)12-21(17)30(34(32)33)20-4-2-3-19-22(20)28-10-9-27-19/h2-13H,1H3,(H,29,31)(H,32,33)/p-1. The number of aromatic nitrogens is 2. The number of para-hydroxylation sites is 1. The molecule has 0 aliphatic heterocycles. The predicted molar refractivity (Wildman–Crippen MR) is 129 cm³/mol. The van der Waals surface area contributed by atoms with Crippen molar-refractivity contribution >= 4 is 62.8 Å². The lowest BCUT2D eigenvalue weighted by Crippen LogP contribution is -2.30. The Balaban J connectivity index is 1.77. The van der Waals surface area contributed by atoms with Crippen LogP contribution in [-0.4, -0.2) is 24.6 Å². The number of carbonyl (C=O) groups is 1. The molecule has 1 aromatic heterocycles. The normalized spacial score (nSPS) is 12.9. The van der Waals surface area contributed by atoms with Gasteiger partial charge in [0.25, 0.3) is 5.91 Å². The highest BCUT2D eigenvalue weighted by Gasteiger charge is 2.23. The number of hydrogen-bond acceptors (Lipinski definition) is 5. The predicted octanol–water partition coefficient (Wildman–Crippen LogP) is 5.50. The highest BCUT2D eigenvalue weighted by molar-refractivity contribution is 7.81. The zero-order valence-electron chi connectivity index (χ0n) is 17.5. The van der Waals surface area contributed by atoms with E-state index in [9.17, 15) is 17.9 Å². The van der Waals surface area contributed by atoms with Crippen molar-refractivity contribution < 1.29 is 17.9 Å². The third-order valence-electron chi connectivity index (χ3n) is 5.05. The Morgan fingerprint density at radius 1 is 1.09 bits per heavy atom. The lowest BCUT2D eigenvalue weighted by atomic mass is 10.1. The van der Waals surface area contributed by atoms with Gasteiger partial charge in [-0.15, -0.1) is 0 Å².